The van der Waals surface area contributed by atoms with Gasteiger partial charge in [0.1, 0.15) is 0 Å². The fraction of sp³-hybridized carbons (Fsp3) is 0.231. The number of hydrogen-bond acceptors (Lipinski definition) is 2. The SMILES string of the molecule is CC(C)NC(=S)NNC(=O)/C=C/c1cccc(Br)c1. The lowest BCUT2D eigenvalue weighted by Crippen LogP contribution is -2.48. The van der Waals surface area contributed by atoms with Gasteiger partial charge in [-0.3, -0.25) is 15.6 Å². The van der Waals surface area contributed by atoms with Crippen molar-refractivity contribution in [2.45, 2.75) is 19.9 Å². The minimum atomic E-state index is -0.270. The lowest BCUT2D eigenvalue weighted by Gasteiger charge is -2.12. The molecule has 3 N–H and O–H groups in total. The van der Waals surface area contributed by atoms with Crippen molar-refractivity contribution in [1.29, 1.82) is 0 Å². The molecule has 0 atom stereocenters. The van der Waals surface area contributed by atoms with Crippen LogP contribution >= 0.6 is 28.1 Å². The van der Waals surface area contributed by atoms with E-state index in [4.69, 9.17) is 12.2 Å². The third-order valence-corrected chi connectivity index (χ3v) is 2.71. The molecule has 19 heavy (non-hydrogen) atoms. The molecular weight excluding hydrogens is 326 g/mol. The fourth-order valence-corrected chi connectivity index (χ4v) is 1.94. The van der Waals surface area contributed by atoms with Crippen LogP contribution in [-0.4, -0.2) is 17.1 Å². The smallest absolute Gasteiger partial charge is 0.262 e. The number of nitrogens with one attached hydrogen (secondary N) is 3. The number of benzene rings is 1. The van der Waals surface area contributed by atoms with E-state index in [-0.39, 0.29) is 11.9 Å². The second kappa shape index (κ2) is 7.91. The molecule has 0 saturated carbocycles. The van der Waals surface area contributed by atoms with Gasteiger partial charge in [-0.05, 0) is 49.8 Å². The molecular formula is C13H16BrN3OS. The van der Waals surface area contributed by atoms with Crippen molar-refractivity contribution in [2.75, 3.05) is 0 Å². The Balaban J connectivity index is 2.41. The molecule has 0 spiro atoms. The zero-order valence-corrected chi connectivity index (χ0v) is 13.1. The van der Waals surface area contributed by atoms with Crippen LogP contribution in [0.3, 0.4) is 0 Å². The summed E-state index contributed by atoms with van der Waals surface area (Å²) in [6.07, 6.45) is 3.16. The molecule has 0 unspecified atom stereocenters. The van der Waals surface area contributed by atoms with Crippen LogP contribution in [0.15, 0.2) is 34.8 Å². The highest BCUT2D eigenvalue weighted by molar-refractivity contribution is 9.10. The zero-order chi connectivity index (χ0) is 14.3. The van der Waals surface area contributed by atoms with Crippen LogP contribution in [-0.2, 0) is 4.79 Å². The highest BCUT2D eigenvalue weighted by Crippen LogP contribution is 2.12. The number of carbonyl (C=O) groups excluding carboxylic acids is 1. The van der Waals surface area contributed by atoms with Gasteiger partial charge in [0, 0.05) is 16.6 Å². The van der Waals surface area contributed by atoms with Crippen LogP contribution in [0.25, 0.3) is 6.08 Å². The summed E-state index contributed by atoms with van der Waals surface area (Å²) >= 11 is 8.35. The van der Waals surface area contributed by atoms with E-state index in [0.717, 1.165) is 10.0 Å². The third-order valence-electron chi connectivity index (χ3n) is 1.99. The zero-order valence-electron chi connectivity index (χ0n) is 10.7. The van der Waals surface area contributed by atoms with Gasteiger partial charge in [0.05, 0.1) is 0 Å². The Morgan fingerprint density at radius 1 is 1.37 bits per heavy atom. The van der Waals surface area contributed by atoms with Crippen LogP contribution in [0.2, 0.25) is 0 Å². The highest BCUT2D eigenvalue weighted by atomic mass is 79.9. The second-order valence-electron chi connectivity index (χ2n) is 4.13. The summed E-state index contributed by atoms with van der Waals surface area (Å²) in [6.45, 7) is 3.92. The first-order valence-electron chi connectivity index (χ1n) is 5.77. The molecule has 1 aromatic rings. The Bertz CT molecular complexity index is 489. The Hall–Kier alpha value is -1.40. The third kappa shape index (κ3) is 6.93. The van der Waals surface area contributed by atoms with Crippen LogP contribution < -0.4 is 16.2 Å². The molecule has 102 valence electrons. The number of rotatable bonds is 3. The summed E-state index contributed by atoms with van der Waals surface area (Å²) in [6, 6.07) is 7.88. The van der Waals surface area contributed by atoms with E-state index in [2.05, 4.69) is 32.1 Å². The quantitative estimate of drug-likeness (QED) is 0.449. The largest absolute Gasteiger partial charge is 0.359 e. The highest BCUT2D eigenvalue weighted by Gasteiger charge is 1.99. The summed E-state index contributed by atoms with van der Waals surface area (Å²) < 4.78 is 0.968. The predicted molar refractivity (Wildman–Crippen MR) is 85.3 cm³/mol. The first-order valence-corrected chi connectivity index (χ1v) is 6.97. The van der Waals surface area contributed by atoms with Crippen LogP contribution in [0.1, 0.15) is 19.4 Å². The predicted octanol–water partition coefficient (Wildman–Crippen LogP) is 2.37. The van der Waals surface area contributed by atoms with E-state index >= 15 is 0 Å². The van der Waals surface area contributed by atoms with Gasteiger partial charge in [-0.2, -0.15) is 0 Å². The Kier molecular flexibility index (Phi) is 6.52. The first kappa shape index (κ1) is 15.7. The number of hydrogen-bond donors (Lipinski definition) is 3. The van der Waals surface area contributed by atoms with Gasteiger partial charge < -0.3 is 5.32 Å². The van der Waals surface area contributed by atoms with Crippen LogP contribution in [0, 0.1) is 0 Å². The molecule has 0 aliphatic heterocycles. The van der Waals surface area contributed by atoms with Crippen molar-refractivity contribution in [2.24, 2.45) is 0 Å². The number of halogens is 1. The molecule has 0 radical (unpaired) electrons. The maximum Gasteiger partial charge on any atom is 0.262 e. The molecule has 0 fully saturated rings. The Morgan fingerprint density at radius 3 is 2.74 bits per heavy atom. The van der Waals surface area contributed by atoms with Gasteiger partial charge in [-0.1, -0.05) is 28.1 Å². The molecule has 0 aromatic heterocycles. The summed E-state index contributed by atoms with van der Waals surface area (Å²) in [7, 11) is 0. The van der Waals surface area contributed by atoms with Crippen LogP contribution in [0.4, 0.5) is 0 Å². The second-order valence-corrected chi connectivity index (χ2v) is 5.45. The van der Waals surface area contributed by atoms with Gasteiger partial charge >= 0.3 is 0 Å². The number of amides is 1. The van der Waals surface area contributed by atoms with Gasteiger partial charge in [0.2, 0.25) is 0 Å². The normalized spacial score (nSPS) is 10.5. The molecule has 0 heterocycles. The van der Waals surface area contributed by atoms with Gasteiger partial charge in [0.25, 0.3) is 5.91 Å². The molecule has 0 saturated heterocycles. The Morgan fingerprint density at radius 2 is 2.11 bits per heavy atom. The van der Waals surface area contributed by atoms with E-state index in [1.165, 1.54) is 6.08 Å². The topological polar surface area (TPSA) is 53.2 Å². The van der Waals surface area contributed by atoms with Crippen molar-refractivity contribution >= 4 is 45.2 Å². The van der Waals surface area contributed by atoms with Gasteiger partial charge in [0.15, 0.2) is 5.11 Å². The van der Waals surface area contributed by atoms with E-state index in [9.17, 15) is 4.79 Å². The van der Waals surface area contributed by atoms with E-state index < -0.39 is 0 Å². The fourth-order valence-electron chi connectivity index (χ4n) is 1.24. The molecule has 1 amide bonds. The molecule has 4 nitrogen and oxygen atoms in total. The number of hydrazine groups is 1. The van der Waals surface area contributed by atoms with Crippen LogP contribution in [0.5, 0.6) is 0 Å². The standard InChI is InChI=1S/C13H16BrN3OS/c1-9(2)15-13(19)17-16-12(18)7-6-10-4-3-5-11(14)8-10/h3-9H,1-2H3,(H,16,18)(H2,15,17,19)/b7-6+. The summed E-state index contributed by atoms with van der Waals surface area (Å²) in [5.41, 5.74) is 6.04. The molecule has 0 aliphatic rings. The van der Waals surface area contributed by atoms with E-state index in [1.807, 2.05) is 38.1 Å². The van der Waals surface area contributed by atoms with Gasteiger partial charge in [-0.15, -0.1) is 0 Å². The lowest BCUT2D eigenvalue weighted by atomic mass is 10.2. The molecule has 0 aliphatic carbocycles. The first-order chi connectivity index (χ1) is 8.97. The van der Waals surface area contributed by atoms with Crippen molar-refractivity contribution < 1.29 is 4.79 Å². The minimum Gasteiger partial charge on any atom is -0.359 e. The van der Waals surface area contributed by atoms with Crippen molar-refractivity contribution in [3.05, 3.63) is 40.4 Å². The lowest BCUT2D eigenvalue weighted by molar-refractivity contribution is -0.116. The summed E-state index contributed by atoms with van der Waals surface area (Å²) in [5, 5.41) is 3.34. The maximum atomic E-state index is 11.5. The van der Waals surface area contributed by atoms with E-state index in [1.54, 1.807) is 6.08 Å². The number of thiocarbonyl (C=S) groups is 1. The molecule has 0 bridgehead atoms. The average molecular weight is 342 g/mol. The summed E-state index contributed by atoms with van der Waals surface area (Å²) in [5.74, 6) is -0.270. The van der Waals surface area contributed by atoms with E-state index in [0.29, 0.717) is 5.11 Å². The number of carbonyl (C=O) groups is 1. The molecule has 6 heteroatoms. The van der Waals surface area contributed by atoms with Crippen molar-refractivity contribution in [1.82, 2.24) is 16.2 Å². The maximum absolute atomic E-state index is 11.5. The minimum absolute atomic E-state index is 0.217. The van der Waals surface area contributed by atoms with Crippen molar-refractivity contribution in [3.8, 4) is 0 Å². The van der Waals surface area contributed by atoms with Gasteiger partial charge in [-0.25, -0.2) is 0 Å². The Labute approximate surface area is 126 Å². The molecule has 1 aromatic carbocycles. The molecule has 1 rings (SSSR count). The van der Waals surface area contributed by atoms with Crippen molar-refractivity contribution in [3.63, 3.8) is 0 Å². The summed E-state index contributed by atoms with van der Waals surface area (Å²) in [4.78, 5) is 11.5. The monoisotopic (exact) mass is 341 g/mol. The average Bonchev–Trinajstić information content (AvgIpc) is 2.33.